The van der Waals surface area contributed by atoms with E-state index in [-0.39, 0.29) is 0 Å². The van der Waals surface area contributed by atoms with Crippen molar-refractivity contribution in [1.82, 2.24) is 4.98 Å². The molecule has 0 saturated carbocycles. The van der Waals surface area contributed by atoms with Crippen LogP contribution in [0.5, 0.6) is 0 Å². The third kappa shape index (κ3) is 2.67. The molecule has 0 radical (unpaired) electrons. The number of para-hydroxylation sites is 1. The highest BCUT2D eigenvalue weighted by Gasteiger charge is 2.09. The molecule has 0 spiro atoms. The van der Waals surface area contributed by atoms with Crippen LogP contribution in [0.25, 0.3) is 32.9 Å². The number of fused-ring (bicyclic) bond motifs is 3. The van der Waals surface area contributed by atoms with E-state index < -0.39 is 0 Å². The van der Waals surface area contributed by atoms with Crippen LogP contribution in [-0.4, -0.2) is 4.98 Å². The normalized spacial score (nSPS) is 11.2. The van der Waals surface area contributed by atoms with E-state index in [1.807, 2.05) is 0 Å². The lowest BCUT2D eigenvalue weighted by molar-refractivity contribution is 0.795. The van der Waals surface area contributed by atoms with Gasteiger partial charge in [-0.3, -0.25) is 0 Å². The van der Waals surface area contributed by atoms with Gasteiger partial charge in [0.25, 0.3) is 0 Å². The minimum absolute atomic E-state index is 1.06. The van der Waals surface area contributed by atoms with Crippen molar-refractivity contribution in [2.24, 2.45) is 0 Å². The monoisotopic (exact) mass is 311 g/mol. The number of aromatic nitrogens is 1. The van der Waals surface area contributed by atoms with Crippen LogP contribution in [0.1, 0.15) is 25.3 Å². The van der Waals surface area contributed by atoms with Crippen LogP contribution in [0.4, 0.5) is 0 Å². The average Bonchev–Trinajstić information content (AvgIpc) is 2.66. The van der Waals surface area contributed by atoms with Gasteiger partial charge in [0.2, 0.25) is 0 Å². The standard InChI is InChI=1S/C23H21N/c1-2-3-8-17-13-15-18(16-14-17)23-21-11-5-4-9-19(21)20-10-6-7-12-22(20)24-23/h4-7,9-16H,2-3,8H2,1H3. The predicted octanol–water partition coefficient (Wildman–Crippen LogP) is 6.40. The Balaban J connectivity index is 1.88. The maximum Gasteiger partial charge on any atom is 0.0788 e. The van der Waals surface area contributed by atoms with Crippen LogP contribution in [-0.2, 0) is 6.42 Å². The van der Waals surface area contributed by atoms with Crippen molar-refractivity contribution in [2.45, 2.75) is 26.2 Å². The molecule has 24 heavy (non-hydrogen) atoms. The zero-order chi connectivity index (χ0) is 16.4. The number of aryl methyl sites for hydroxylation is 1. The topological polar surface area (TPSA) is 12.9 Å². The van der Waals surface area contributed by atoms with Crippen LogP contribution in [0.3, 0.4) is 0 Å². The smallest absolute Gasteiger partial charge is 0.0788 e. The maximum atomic E-state index is 4.97. The summed E-state index contributed by atoms with van der Waals surface area (Å²) in [6, 6.07) is 25.9. The van der Waals surface area contributed by atoms with Crippen molar-refractivity contribution in [3.63, 3.8) is 0 Å². The number of hydrogen-bond donors (Lipinski definition) is 0. The van der Waals surface area contributed by atoms with Gasteiger partial charge in [-0.05, 0) is 29.9 Å². The van der Waals surface area contributed by atoms with Gasteiger partial charge in [0, 0.05) is 16.3 Å². The second kappa shape index (κ2) is 6.45. The van der Waals surface area contributed by atoms with Gasteiger partial charge in [-0.2, -0.15) is 0 Å². The predicted molar refractivity (Wildman–Crippen MR) is 103 cm³/mol. The zero-order valence-corrected chi connectivity index (χ0v) is 14.0. The molecule has 4 rings (SSSR count). The molecule has 3 aromatic carbocycles. The quantitative estimate of drug-likeness (QED) is 0.397. The fourth-order valence-electron chi connectivity index (χ4n) is 3.33. The number of pyridine rings is 1. The highest BCUT2D eigenvalue weighted by atomic mass is 14.7. The zero-order valence-electron chi connectivity index (χ0n) is 14.0. The van der Waals surface area contributed by atoms with Gasteiger partial charge in [0.15, 0.2) is 0 Å². The third-order valence-corrected chi connectivity index (χ3v) is 4.66. The molecule has 1 nitrogen and oxygen atoms in total. The first-order valence-corrected chi connectivity index (χ1v) is 8.73. The third-order valence-electron chi connectivity index (χ3n) is 4.66. The lowest BCUT2D eigenvalue weighted by atomic mass is 9.98. The molecular formula is C23H21N. The second-order valence-electron chi connectivity index (χ2n) is 6.32. The van der Waals surface area contributed by atoms with Crippen LogP contribution < -0.4 is 0 Å². The van der Waals surface area contributed by atoms with Crippen molar-refractivity contribution < 1.29 is 0 Å². The summed E-state index contributed by atoms with van der Waals surface area (Å²) in [7, 11) is 0. The van der Waals surface area contributed by atoms with E-state index in [4.69, 9.17) is 4.98 Å². The van der Waals surface area contributed by atoms with Gasteiger partial charge in [-0.25, -0.2) is 4.98 Å². The number of hydrogen-bond acceptors (Lipinski definition) is 1. The van der Waals surface area contributed by atoms with E-state index in [0.29, 0.717) is 0 Å². The molecule has 0 saturated heterocycles. The molecule has 1 heterocycles. The fraction of sp³-hybridized carbons (Fsp3) is 0.174. The molecule has 4 aromatic rings. The lowest BCUT2D eigenvalue weighted by Gasteiger charge is -2.10. The highest BCUT2D eigenvalue weighted by Crippen LogP contribution is 2.32. The summed E-state index contributed by atoms with van der Waals surface area (Å²) in [5, 5.41) is 3.71. The minimum atomic E-state index is 1.06. The molecule has 0 aliphatic heterocycles. The molecule has 0 unspecified atom stereocenters. The Morgan fingerprint density at radius 1 is 0.708 bits per heavy atom. The highest BCUT2D eigenvalue weighted by molar-refractivity contribution is 6.10. The molecule has 0 N–H and O–H groups in total. The first-order valence-electron chi connectivity index (χ1n) is 8.73. The van der Waals surface area contributed by atoms with Crippen molar-refractivity contribution in [3.05, 3.63) is 78.4 Å². The molecule has 0 bridgehead atoms. The number of nitrogens with zero attached hydrogens (tertiary/aromatic N) is 1. The van der Waals surface area contributed by atoms with Crippen molar-refractivity contribution >= 4 is 21.7 Å². The van der Waals surface area contributed by atoms with E-state index >= 15 is 0 Å². The number of rotatable bonds is 4. The molecule has 1 heteroatoms. The molecule has 0 aliphatic carbocycles. The molecular weight excluding hydrogens is 290 g/mol. The van der Waals surface area contributed by atoms with E-state index in [1.165, 1.54) is 40.1 Å². The van der Waals surface area contributed by atoms with Gasteiger partial charge < -0.3 is 0 Å². The van der Waals surface area contributed by atoms with Gasteiger partial charge in [0.1, 0.15) is 0 Å². The summed E-state index contributed by atoms with van der Waals surface area (Å²) in [4.78, 5) is 4.97. The van der Waals surface area contributed by atoms with Crippen molar-refractivity contribution in [1.29, 1.82) is 0 Å². The van der Waals surface area contributed by atoms with Crippen LogP contribution >= 0.6 is 0 Å². The van der Waals surface area contributed by atoms with E-state index in [1.54, 1.807) is 0 Å². The minimum Gasteiger partial charge on any atom is -0.247 e. The molecule has 0 atom stereocenters. The Morgan fingerprint density at radius 3 is 2.12 bits per heavy atom. The van der Waals surface area contributed by atoms with E-state index in [0.717, 1.165) is 17.6 Å². The van der Waals surface area contributed by atoms with E-state index in [9.17, 15) is 0 Å². The fourth-order valence-corrected chi connectivity index (χ4v) is 3.33. The largest absolute Gasteiger partial charge is 0.247 e. The number of benzene rings is 3. The summed E-state index contributed by atoms with van der Waals surface area (Å²) < 4.78 is 0. The Hall–Kier alpha value is -2.67. The second-order valence-corrected chi connectivity index (χ2v) is 6.32. The molecule has 0 aliphatic rings. The summed E-state index contributed by atoms with van der Waals surface area (Å²) in [5.41, 5.74) is 4.73. The maximum absolute atomic E-state index is 4.97. The summed E-state index contributed by atoms with van der Waals surface area (Å²) >= 11 is 0. The van der Waals surface area contributed by atoms with Crippen LogP contribution in [0.2, 0.25) is 0 Å². The Bertz CT molecular complexity index is 984. The molecule has 0 amide bonds. The average molecular weight is 311 g/mol. The summed E-state index contributed by atoms with van der Waals surface area (Å²) in [5.74, 6) is 0. The molecule has 0 fully saturated rings. The first-order chi connectivity index (χ1) is 11.9. The van der Waals surface area contributed by atoms with E-state index in [2.05, 4.69) is 79.7 Å². The SMILES string of the molecule is CCCCc1ccc(-c2nc3ccccc3c3ccccc23)cc1. The van der Waals surface area contributed by atoms with Crippen LogP contribution in [0, 0.1) is 0 Å². The van der Waals surface area contributed by atoms with Crippen LogP contribution in [0.15, 0.2) is 72.8 Å². The lowest BCUT2D eigenvalue weighted by Crippen LogP contribution is -1.90. The Kier molecular flexibility index (Phi) is 4.00. The first kappa shape index (κ1) is 14.9. The van der Waals surface area contributed by atoms with Gasteiger partial charge >= 0.3 is 0 Å². The summed E-state index contributed by atoms with van der Waals surface area (Å²) in [6.07, 6.45) is 3.64. The Morgan fingerprint density at radius 2 is 1.38 bits per heavy atom. The van der Waals surface area contributed by atoms with Crippen molar-refractivity contribution in [2.75, 3.05) is 0 Å². The molecule has 1 aromatic heterocycles. The van der Waals surface area contributed by atoms with Crippen molar-refractivity contribution in [3.8, 4) is 11.3 Å². The molecule has 118 valence electrons. The summed E-state index contributed by atoms with van der Waals surface area (Å²) in [6.45, 7) is 2.24. The van der Waals surface area contributed by atoms with Gasteiger partial charge in [0.05, 0.1) is 11.2 Å². The number of unbranched alkanes of at least 4 members (excludes halogenated alkanes) is 1. The van der Waals surface area contributed by atoms with Gasteiger partial charge in [-0.15, -0.1) is 0 Å². The van der Waals surface area contributed by atoms with Gasteiger partial charge in [-0.1, -0.05) is 80.1 Å². The Labute approximate surface area is 143 Å².